The number of carbonyl (C=O) groups is 2. The maximum absolute atomic E-state index is 12.7. The Balaban J connectivity index is 1.78. The van der Waals surface area contributed by atoms with E-state index in [0.29, 0.717) is 4.31 Å². The summed E-state index contributed by atoms with van der Waals surface area (Å²) in [5, 5.41) is 7.06. The number of oxime groups is 1. The zero-order chi connectivity index (χ0) is 21.2. The first-order valence-corrected chi connectivity index (χ1v) is 12.0. The Kier molecular flexibility index (Phi) is 6.65. The van der Waals surface area contributed by atoms with E-state index in [1.807, 2.05) is 0 Å². The largest absolute Gasteiger partial charge is 0.398 e. The summed E-state index contributed by atoms with van der Waals surface area (Å²) in [6, 6.07) is -1.13. The number of anilines is 1. The van der Waals surface area contributed by atoms with Gasteiger partial charge in [0.15, 0.2) is 10.8 Å². The van der Waals surface area contributed by atoms with Gasteiger partial charge in [0.05, 0.1) is 0 Å². The molecule has 1 saturated heterocycles. The van der Waals surface area contributed by atoms with Gasteiger partial charge in [-0.25, -0.2) is 4.98 Å². The zero-order valence-corrected chi connectivity index (χ0v) is 17.9. The number of carbonyl (C=O) groups excluding carboxylic acids is 2. The second kappa shape index (κ2) is 8.85. The molecule has 3 rings (SSSR count). The minimum Gasteiger partial charge on any atom is -0.398 e. The van der Waals surface area contributed by atoms with Crippen LogP contribution in [-0.4, -0.2) is 63.6 Å². The van der Waals surface area contributed by atoms with Crippen molar-refractivity contribution in [3.8, 4) is 0 Å². The molecule has 0 bridgehead atoms. The van der Waals surface area contributed by atoms with E-state index in [1.165, 1.54) is 24.3 Å². The number of nitrogen functional groups attached to an aromatic ring is 1. The van der Waals surface area contributed by atoms with Gasteiger partial charge in [-0.2, -0.15) is 12.7 Å². The molecule has 0 unspecified atom stereocenters. The van der Waals surface area contributed by atoms with Crippen LogP contribution in [-0.2, 0) is 24.7 Å². The molecule has 0 aromatic carbocycles. The zero-order valence-electron chi connectivity index (χ0n) is 15.5. The molecule has 2 heterocycles. The predicted octanol–water partition coefficient (Wildman–Crippen LogP) is 0.598. The molecule has 11 nitrogen and oxygen atoms in total. The van der Waals surface area contributed by atoms with Crippen molar-refractivity contribution in [2.24, 2.45) is 5.16 Å². The highest BCUT2D eigenvalue weighted by atomic mass is 32.2. The summed E-state index contributed by atoms with van der Waals surface area (Å²) in [5.41, 5.74) is 5.56. The van der Waals surface area contributed by atoms with Crippen molar-refractivity contribution in [1.29, 1.82) is 0 Å². The van der Waals surface area contributed by atoms with Crippen LogP contribution in [0.4, 0.5) is 5.13 Å². The molecule has 1 aliphatic heterocycles. The van der Waals surface area contributed by atoms with E-state index in [4.69, 9.17) is 5.73 Å². The van der Waals surface area contributed by atoms with Gasteiger partial charge in [-0.15, -0.1) is 23.1 Å². The van der Waals surface area contributed by atoms with Crippen molar-refractivity contribution in [3.05, 3.63) is 11.1 Å². The number of β-lactam (4-membered cyclic amide) rings is 1. The fourth-order valence-corrected chi connectivity index (χ4v) is 6.55. The van der Waals surface area contributed by atoms with Gasteiger partial charge in [-0.3, -0.25) is 14.1 Å². The standard InChI is InChI=1S/C15H21N5O6S3/c1-26-19-10(9-7-27-15(16)17-9)12(21)18-11-13(22)20(29(23,24)25)14(11)28-8-5-3-2-4-6-8/h7-8,11,14H,2-6H2,1H3,(H2,16,17)(H,18,21)(H,23,24,25)/t11-,14-/m1/s1. The maximum Gasteiger partial charge on any atom is 0.363 e. The van der Waals surface area contributed by atoms with Crippen LogP contribution in [0.25, 0.3) is 0 Å². The van der Waals surface area contributed by atoms with Gasteiger partial charge in [0.25, 0.3) is 11.8 Å². The lowest BCUT2D eigenvalue weighted by Gasteiger charge is -2.45. The van der Waals surface area contributed by atoms with Gasteiger partial charge in [-0.1, -0.05) is 24.4 Å². The molecule has 14 heteroatoms. The van der Waals surface area contributed by atoms with Crippen molar-refractivity contribution >= 4 is 56.1 Å². The van der Waals surface area contributed by atoms with E-state index >= 15 is 0 Å². The third-order valence-electron chi connectivity index (χ3n) is 4.58. The lowest BCUT2D eigenvalue weighted by atomic mass is 10.0. The number of hydrogen-bond acceptors (Lipinski definition) is 10. The van der Waals surface area contributed by atoms with Gasteiger partial charge in [0.1, 0.15) is 24.2 Å². The maximum atomic E-state index is 12.7. The number of thiazole rings is 1. The van der Waals surface area contributed by atoms with Crippen molar-refractivity contribution in [3.63, 3.8) is 0 Å². The Labute approximate surface area is 175 Å². The lowest BCUT2D eigenvalue weighted by molar-refractivity contribution is -0.141. The van der Waals surface area contributed by atoms with Gasteiger partial charge < -0.3 is 15.9 Å². The smallest absolute Gasteiger partial charge is 0.363 e. The topological polar surface area (TPSA) is 164 Å². The highest BCUT2D eigenvalue weighted by molar-refractivity contribution is 8.01. The quantitative estimate of drug-likeness (QED) is 0.227. The van der Waals surface area contributed by atoms with Crippen molar-refractivity contribution in [1.82, 2.24) is 14.6 Å². The number of hydrogen-bond donors (Lipinski definition) is 3. The molecule has 2 aliphatic rings. The summed E-state index contributed by atoms with van der Waals surface area (Å²) < 4.78 is 33.1. The van der Waals surface area contributed by atoms with E-state index in [9.17, 15) is 22.6 Å². The van der Waals surface area contributed by atoms with E-state index in [1.54, 1.807) is 0 Å². The molecule has 4 N–H and O–H groups in total. The molecule has 1 aromatic heterocycles. The van der Waals surface area contributed by atoms with E-state index < -0.39 is 33.5 Å². The second-order valence-electron chi connectivity index (χ2n) is 6.54. The Morgan fingerprint density at radius 2 is 2.14 bits per heavy atom. The minimum absolute atomic E-state index is 0.135. The number of nitrogens with two attached hydrogens (primary N) is 1. The summed E-state index contributed by atoms with van der Waals surface area (Å²) >= 11 is 2.37. The SMILES string of the molecule is CON=C(C(=O)N[C@@H]1C(=O)N(S(=O)(=O)O)[C@@H]1SC1CCCCC1)c1csc(N)n1. The number of aromatic nitrogens is 1. The molecule has 2 amide bonds. The third-order valence-corrected chi connectivity index (χ3v) is 7.91. The van der Waals surface area contributed by atoms with Crippen molar-refractivity contribution in [2.45, 2.75) is 48.8 Å². The number of thioether (sulfide) groups is 1. The van der Waals surface area contributed by atoms with Gasteiger partial charge in [-0.05, 0) is 12.8 Å². The first kappa shape index (κ1) is 21.8. The molecule has 1 aliphatic carbocycles. The van der Waals surface area contributed by atoms with Crippen LogP contribution in [0.1, 0.15) is 37.8 Å². The second-order valence-corrected chi connectivity index (χ2v) is 10.1. The molecule has 2 fully saturated rings. The van der Waals surface area contributed by atoms with Crippen LogP contribution in [0, 0.1) is 0 Å². The highest BCUT2D eigenvalue weighted by Crippen LogP contribution is 2.39. The Hall–Kier alpha value is -1.90. The number of nitrogens with zero attached hydrogens (tertiary/aromatic N) is 3. The molecular formula is C15H21N5O6S3. The first-order valence-electron chi connectivity index (χ1n) is 8.82. The third kappa shape index (κ3) is 4.82. The monoisotopic (exact) mass is 463 g/mol. The molecule has 0 spiro atoms. The van der Waals surface area contributed by atoms with E-state index in [2.05, 4.69) is 20.3 Å². The molecule has 1 aromatic rings. The van der Waals surface area contributed by atoms with Crippen molar-refractivity contribution in [2.75, 3.05) is 12.8 Å². The summed E-state index contributed by atoms with van der Waals surface area (Å²) in [6.07, 6.45) is 4.89. The van der Waals surface area contributed by atoms with Gasteiger partial charge in [0, 0.05) is 10.6 Å². The lowest BCUT2D eigenvalue weighted by Crippen LogP contribution is -2.71. The molecule has 0 radical (unpaired) electrons. The van der Waals surface area contributed by atoms with Crippen LogP contribution in [0.2, 0.25) is 0 Å². The normalized spacial score (nSPS) is 23.6. The van der Waals surface area contributed by atoms with Crippen LogP contribution in [0.15, 0.2) is 10.5 Å². The average molecular weight is 464 g/mol. The number of amides is 2. The molecule has 29 heavy (non-hydrogen) atoms. The molecule has 160 valence electrons. The van der Waals surface area contributed by atoms with Crippen molar-refractivity contribution < 1.29 is 27.4 Å². The minimum atomic E-state index is -4.73. The summed E-state index contributed by atoms with van der Waals surface area (Å²) in [6.45, 7) is 0. The van der Waals surface area contributed by atoms with Gasteiger partial charge in [0.2, 0.25) is 0 Å². The predicted molar refractivity (Wildman–Crippen MR) is 109 cm³/mol. The molecule has 1 saturated carbocycles. The Bertz CT molecular complexity index is 911. The molecular weight excluding hydrogens is 442 g/mol. The Morgan fingerprint density at radius 3 is 2.69 bits per heavy atom. The molecule has 2 atom stereocenters. The van der Waals surface area contributed by atoms with E-state index in [-0.39, 0.29) is 21.8 Å². The number of rotatable bonds is 7. The number of nitrogens with one attached hydrogen (secondary N) is 1. The van der Waals surface area contributed by atoms with Gasteiger partial charge >= 0.3 is 10.3 Å². The van der Waals surface area contributed by atoms with Crippen LogP contribution >= 0.6 is 23.1 Å². The fourth-order valence-electron chi connectivity index (χ4n) is 3.25. The summed E-state index contributed by atoms with van der Waals surface area (Å²) in [7, 11) is -3.48. The highest BCUT2D eigenvalue weighted by Gasteiger charge is 2.55. The first-order chi connectivity index (χ1) is 13.7. The summed E-state index contributed by atoms with van der Waals surface area (Å²) in [4.78, 5) is 33.7. The van der Waals surface area contributed by atoms with E-state index in [0.717, 1.165) is 43.4 Å². The fraction of sp³-hybridized carbons (Fsp3) is 0.600. The van der Waals surface area contributed by atoms with Crippen LogP contribution in [0.5, 0.6) is 0 Å². The average Bonchev–Trinajstić information content (AvgIpc) is 3.09. The van der Waals surface area contributed by atoms with Crippen LogP contribution in [0.3, 0.4) is 0 Å². The Morgan fingerprint density at radius 1 is 1.45 bits per heavy atom. The van der Waals surface area contributed by atoms with Crippen LogP contribution < -0.4 is 11.1 Å². The summed E-state index contributed by atoms with van der Waals surface area (Å²) in [5.74, 6) is -1.68.